The normalized spacial score (nSPS) is 15.4. The highest BCUT2D eigenvalue weighted by molar-refractivity contribution is 7.92. The number of rotatable bonds is 7. The fourth-order valence-electron chi connectivity index (χ4n) is 3.14. The van der Waals surface area contributed by atoms with Gasteiger partial charge >= 0.3 is 0 Å². The Balaban J connectivity index is 1.78. The number of sulfonamides is 1. The summed E-state index contributed by atoms with van der Waals surface area (Å²) in [6.45, 7) is 0. The number of para-hydroxylation sites is 1. The molecule has 0 heterocycles. The Morgan fingerprint density at radius 3 is 2.46 bits per heavy atom. The molecule has 0 radical (unpaired) electrons. The summed E-state index contributed by atoms with van der Waals surface area (Å²) in [5, 5.41) is 15.5. The average Bonchev–Trinajstić information content (AvgIpc) is 2.69. The van der Waals surface area contributed by atoms with E-state index in [1.165, 1.54) is 18.6 Å². The van der Waals surface area contributed by atoms with Crippen LogP contribution in [-0.2, 0) is 10.0 Å². The first kappa shape index (κ1) is 19.8. The van der Waals surface area contributed by atoms with Gasteiger partial charge in [-0.2, -0.15) is 5.10 Å². The van der Waals surface area contributed by atoms with Crippen LogP contribution in [0, 0.1) is 16.0 Å². The van der Waals surface area contributed by atoms with Crippen molar-refractivity contribution in [3.05, 3.63) is 58.6 Å². The van der Waals surface area contributed by atoms with E-state index in [1.54, 1.807) is 36.5 Å². The molecular weight excluding hydrogens is 380 g/mol. The standard InChI is InChI=1S/C19H22N4O4S/c24-23(25)19-13-17(28(26,27)22-16-9-5-2-6-10-16)11-12-18(19)21-20-14-15-7-3-1-4-8-15/h2,5-6,9-15,21-22H,1,3-4,7-8H2/b20-14-. The zero-order valence-electron chi connectivity index (χ0n) is 15.2. The van der Waals surface area contributed by atoms with Gasteiger partial charge in [0, 0.05) is 18.0 Å². The molecule has 148 valence electrons. The van der Waals surface area contributed by atoms with Gasteiger partial charge in [0.15, 0.2) is 0 Å². The molecule has 2 aromatic carbocycles. The van der Waals surface area contributed by atoms with Crippen LogP contribution in [0.2, 0.25) is 0 Å². The molecule has 2 aromatic rings. The van der Waals surface area contributed by atoms with Crippen molar-refractivity contribution in [1.82, 2.24) is 0 Å². The van der Waals surface area contributed by atoms with E-state index in [1.807, 2.05) is 0 Å². The minimum Gasteiger partial charge on any atom is -0.280 e. The molecule has 1 saturated carbocycles. The van der Waals surface area contributed by atoms with Crippen LogP contribution in [0.4, 0.5) is 17.1 Å². The molecule has 0 spiro atoms. The molecular formula is C19H22N4O4S. The van der Waals surface area contributed by atoms with Crippen LogP contribution in [0.25, 0.3) is 0 Å². The molecule has 1 aliphatic rings. The monoisotopic (exact) mass is 402 g/mol. The number of hydrazone groups is 1. The van der Waals surface area contributed by atoms with Crippen LogP contribution < -0.4 is 10.1 Å². The first-order chi connectivity index (χ1) is 13.5. The molecule has 9 heteroatoms. The Kier molecular flexibility index (Phi) is 6.25. The number of hydrogen-bond acceptors (Lipinski definition) is 6. The number of nitro groups is 1. The summed E-state index contributed by atoms with van der Waals surface area (Å²) in [6, 6.07) is 12.0. The summed E-state index contributed by atoms with van der Waals surface area (Å²) in [6.07, 6.45) is 7.47. The van der Waals surface area contributed by atoms with Gasteiger partial charge in [0.2, 0.25) is 0 Å². The van der Waals surface area contributed by atoms with Gasteiger partial charge in [0.25, 0.3) is 15.7 Å². The van der Waals surface area contributed by atoms with Gasteiger partial charge in [-0.15, -0.1) is 0 Å². The molecule has 0 bridgehead atoms. The molecule has 1 fully saturated rings. The highest BCUT2D eigenvalue weighted by Gasteiger charge is 2.21. The third-order valence-electron chi connectivity index (χ3n) is 4.62. The van der Waals surface area contributed by atoms with Crippen molar-refractivity contribution in [2.45, 2.75) is 37.0 Å². The lowest BCUT2D eigenvalue weighted by atomic mass is 9.90. The number of benzene rings is 2. The predicted octanol–water partition coefficient (Wildman–Crippen LogP) is 4.37. The molecule has 2 N–H and O–H groups in total. The molecule has 1 aliphatic carbocycles. The van der Waals surface area contributed by atoms with Crippen LogP contribution in [-0.4, -0.2) is 19.6 Å². The van der Waals surface area contributed by atoms with Gasteiger partial charge < -0.3 is 0 Å². The van der Waals surface area contributed by atoms with Crippen molar-refractivity contribution >= 4 is 33.3 Å². The molecule has 0 saturated heterocycles. The first-order valence-electron chi connectivity index (χ1n) is 9.11. The Hall–Kier alpha value is -2.94. The second kappa shape index (κ2) is 8.83. The van der Waals surface area contributed by atoms with Crippen molar-refractivity contribution in [3.63, 3.8) is 0 Å². The molecule has 0 atom stereocenters. The van der Waals surface area contributed by atoms with Crippen molar-refractivity contribution in [2.75, 3.05) is 10.1 Å². The van der Waals surface area contributed by atoms with Crippen LogP contribution in [0.1, 0.15) is 32.1 Å². The van der Waals surface area contributed by atoms with E-state index in [4.69, 9.17) is 0 Å². The minimum absolute atomic E-state index is 0.149. The third kappa shape index (κ3) is 5.07. The van der Waals surface area contributed by atoms with Gasteiger partial charge in [0.1, 0.15) is 5.69 Å². The van der Waals surface area contributed by atoms with Gasteiger partial charge in [-0.1, -0.05) is 37.5 Å². The molecule has 0 unspecified atom stereocenters. The fourth-order valence-corrected chi connectivity index (χ4v) is 4.22. The Morgan fingerprint density at radius 1 is 1.07 bits per heavy atom. The van der Waals surface area contributed by atoms with Crippen molar-refractivity contribution < 1.29 is 13.3 Å². The zero-order chi connectivity index (χ0) is 20.0. The molecule has 0 aromatic heterocycles. The summed E-state index contributed by atoms with van der Waals surface area (Å²) < 4.78 is 27.5. The highest BCUT2D eigenvalue weighted by atomic mass is 32.2. The first-order valence-corrected chi connectivity index (χ1v) is 10.6. The molecule has 0 aliphatic heterocycles. The van der Waals surface area contributed by atoms with E-state index >= 15 is 0 Å². The topological polar surface area (TPSA) is 114 Å². The van der Waals surface area contributed by atoms with Gasteiger partial charge in [0.05, 0.1) is 9.82 Å². The second-order valence-electron chi connectivity index (χ2n) is 6.70. The zero-order valence-corrected chi connectivity index (χ0v) is 16.1. The average molecular weight is 402 g/mol. The molecule has 0 amide bonds. The van der Waals surface area contributed by atoms with Crippen molar-refractivity contribution in [3.8, 4) is 0 Å². The van der Waals surface area contributed by atoms with E-state index < -0.39 is 14.9 Å². The van der Waals surface area contributed by atoms with Crippen LogP contribution >= 0.6 is 0 Å². The van der Waals surface area contributed by atoms with Crippen molar-refractivity contribution in [1.29, 1.82) is 0 Å². The van der Waals surface area contributed by atoms with E-state index in [9.17, 15) is 18.5 Å². The summed E-state index contributed by atoms with van der Waals surface area (Å²) in [7, 11) is -3.94. The predicted molar refractivity (Wildman–Crippen MR) is 109 cm³/mol. The maximum atomic E-state index is 12.5. The van der Waals surface area contributed by atoms with Crippen LogP contribution in [0.5, 0.6) is 0 Å². The summed E-state index contributed by atoms with van der Waals surface area (Å²) in [5.41, 5.74) is 2.86. The third-order valence-corrected chi connectivity index (χ3v) is 6.00. The molecule has 8 nitrogen and oxygen atoms in total. The number of hydrogen-bond donors (Lipinski definition) is 2. The quantitative estimate of drug-likeness (QED) is 0.405. The Morgan fingerprint density at radius 2 is 1.79 bits per heavy atom. The fraction of sp³-hybridized carbons (Fsp3) is 0.316. The molecule has 28 heavy (non-hydrogen) atoms. The van der Waals surface area contributed by atoms with E-state index in [0.29, 0.717) is 11.6 Å². The maximum Gasteiger partial charge on any atom is 0.295 e. The van der Waals surface area contributed by atoms with E-state index in [0.717, 1.165) is 31.7 Å². The molecule has 3 rings (SSSR count). The SMILES string of the molecule is O=[N+]([O-])c1cc(S(=O)(=O)Nc2ccccc2)ccc1N/N=C\C1CCCCC1. The summed E-state index contributed by atoms with van der Waals surface area (Å²) >= 11 is 0. The van der Waals surface area contributed by atoms with Crippen molar-refractivity contribution in [2.24, 2.45) is 11.0 Å². The maximum absolute atomic E-state index is 12.5. The van der Waals surface area contributed by atoms with Gasteiger partial charge in [-0.25, -0.2) is 8.42 Å². The lowest BCUT2D eigenvalue weighted by molar-refractivity contribution is -0.384. The number of nitrogens with zero attached hydrogens (tertiary/aromatic N) is 2. The number of nitro benzene ring substituents is 1. The van der Waals surface area contributed by atoms with E-state index in [-0.39, 0.29) is 16.3 Å². The highest BCUT2D eigenvalue weighted by Crippen LogP contribution is 2.29. The summed E-state index contributed by atoms with van der Waals surface area (Å²) in [4.78, 5) is 10.6. The van der Waals surface area contributed by atoms with Gasteiger partial charge in [-0.3, -0.25) is 20.3 Å². The largest absolute Gasteiger partial charge is 0.295 e. The second-order valence-corrected chi connectivity index (χ2v) is 8.38. The van der Waals surface area contributed by atoms with Crippen LogP contribution in [0.15, 0.2) is 58.5 Å². The lowest BCUT2D eigenvalue weighted by Crippen LogP contribution is -2.13. The Labute approximate surface area is 163 Å². The number of anilines is 2. The lowest BCUT2D eigenvalue weighted by Gasteiger charge is -2.16. The Bertz CT molecular complexity index is 955. The van der Waals surface area contributed by atoms with E-state index in [2.05, 4.69) is 15.2 Å². The van der Waals surface area contributed by atoms with Crippen LogP contribution in [0.3, 0.4) is 0 Å². The minimum atomic E-state index is -3.94. The summed E-state index contributed by atoms with van der Waals surface area (Å²) in [5.74, 6) is 0.370. The number of nitrogens with one attached hydrogen (secondary N) is 2. The smallest absolute Gasteiger partial charge is 0.280 e. The van der Waals surface area contributed by atoms with Gasteiger partial charge in [-0.05, 0) is 43.0 Å².